The lowest BCUT2D eigenvalue weighted by atomic mass is 10.2. The Morgan fingerprint density at radius 1 is 0.970 bits per heavy atom. The van der Waals surface area contributed by atoms with Gasteiger partial charge in [0.15, 0.2) is 10.6 Å². The standard InChI is InChI=1S/C27H24N2O3S/c1-3-31-22-14-12-21(13-15-22)28-27-29(17-20-9-5-6-10-24(20)30-2)23(18-33-27)26-16-19-8-4-7-11-25(19)32-26/h4-16,18H,3,17H2,1-2H3. The molecule has 0 saturated heterocycles. The molecule has 0 atom stereocenters. The summed E-state index contributed by atoms with van der Waals surface area (Å²) in [6, 6.07) is 26.0. The maximum absolute atomic E-state index is 6.19. The van der Waals surface area contributed by atoms with Gasteiger partial charge >= 0.3 is 0 Å². The SMILES string of the molecule is CCOc1ccc(N=c2scc(-c3cc4ccccc4o3)n2Cc2ccccc2OC)cc1. The Morgan fingerprint density at radius 2 is 1.76 bits per heavy atom. The minimum absolute atomic E-state index is 0.607. The van der Waals surface area contributed by atoms with E-state index in [0.717, 1.165) is 50.0 Å². The third kappa shape index (κ3) is 4.43. The molecule has 2 heterocycles. The van der Waals surface area contributed by atoms with Crippen LogP contribution in [0.5, 0.6) is 11.5 Å². The molecule has 0 unspecified atom stereocenters. The smallest absolute Gasteiger partial charge is 0.190 e. The summed E-state index contributed by atoms with van der Waals surface area (Å²) in [5, 5.41) is 3.17. The van der Waals surface area contributed by atoms with Gasteiger partial charge in [-0.2, -0.15) is 0 Å². The van der Waals surface area contributed by atoms with Crippen molar-refractivity contribution in [3.63, 3.8) is 0 Å². The normalized spacial score (nSPS) is 11.8. The summed E-state index contributed by atoms with van der Waals surface area (Å²) in [6.07, 6.45) is 0. The Morgan fingerprint density at radius 3 is 2.55 bits per heavy atom. The minimum atomic E-state index is 0.607. The molecule has 3 aromatic carbocycles. The number of hydrogen-bond acceptors (Lipinski definition) is 5. The van der Waals surface area contributed by atoms with Crippen molar-refractivity contribution in [2.24, 2.45) is 4.99 Å². The van der Waals surface area contributed by atoms with Crippen LogP contribution in [0.1, 0.15) is 12.5 Å². The average Bonchev–Trinajstić information content (AvgIpc) is 3.45. The first-order chi connectivity index (χ1) is 16.2. The van der Waals surface area contributed by atoms with Crippen LogP contribution in [0.25, 0.3) is 22.4 Å². The van der Waals surface area contributed by atoms with Crippen LogP contribution in [-0.2, 0) is 6.54 Å². The van der Waals surface area contributed by atoms with Crippen molar-refractivity contribution in [1.29, 1.82) is 0 Å². The van der Waals surface area contributed by atoms with E-state index in [1.807, 2.05) is 67.6 Å². The molecule has 0 spiro atoms. The van der Waals surface area contributed by atoms with Crippen molar-refractivity contribution in [2.75, 3.05) is 13.7 Å². The fourth-order valence-electron chi connectivity index (χ4n) is 3.78. The van der Waals surface area contributed by atoms with E-state index in [4.69, 9.17) is 18.9 Å². The molecule has 0 aliphatic carbocycles. The predicted molar refractivity (Wildman–Crippen MR) is 132 cm³/mol. The van der Waals surface area contributed by atoms with Crippen molar-refractivity contribution in [3.05, 3.63) is 94.6 Å². The number of furan rings is 1. The number of rotatable bonds is 7. The summed E-state index contributed by atoms with van der Waals surface area (Å²) >= 11 is 1.59. The maximum atomic E-state index is 6.19. The number of thiazole rings is 1. The van der Waals surface area contributed by atoms with E-state index >= 15 is 0 Å². The first-order valence-corrected chi connectivity index (χ1v) is 11.7. The van der Waals surface area contributed by atoms with Crippen molar-refractivity contribution in [2.45, 2.75) is 13.5 Å². The van der Waals surface area contributed by atoms with Crippen LogP contribution >= 0.6 is 11.3 Å². The van der Waals surface area contributed by atoms with E-state index in [1.54, 1.807) is 18.4 Å². The number of nitrogens with zero attached hydrogens (tertiary/aromatic N) is 2. The molecular formula is C27H24N2O3S. The van der Waals surface area contributed by atoms with E-state index in [1.165, 1.54) is 0 Å². The van der Waals surface area contributed by atoms with Crippen LogP contribution < -0.4 is 14.3 Å². The molecule has 5 nitrogen and oxygen atoms in total. The Labute approximate surface area is 196 Å². The number of methoxy groups -OCH3 is 1. The summed E-state index contributed by atoms with van der Waals surface area (Å²) < 4.78 is 19.5. The van der Waals surface area contributed by atoms with Crippen LogP contribution in [0.4, 0.5) is 5.69 Å². The summed E-state index contributed by atoms with van der Waals surface area (Å²) in [7, 11) is 1.70. The molecule has 0 fully saturated rings. The molecule has 0 amide bonds. The Balaban J connectivity index is 1.63. The van der Waals surface area contributed by atoms with Gasteiger partial charge in [0.2, 0.25) is 0 Å². The summed E-state index contributed by atoms with van der Waals surface area (Å²) in [6.45, 7) is 3.22. The van der Waals surface area contributed by atoms with Gasteiger partial charge in [0.05, 0.1) is 31.6 Å². The predicted octanol–water partition coefficient (Wildman–Crippen LogP) is 6.65. The highest BCUT2D eigenvalue weighted by Gasteiger charge is 2.15. The molecule has 6 heteroatoms. The number of para-hydroxylation sites is 2. The van der Waals surface area contributed by atoms with Crippen LogP contribution in [0.15, 0.2) is 93.7 Å². The molecule has 0 bridgehead atoms. The fourth-order valence-corrected chi connectivity index (χ4v) is 4.68. The second-order valence-electron chi connectivity index (χ2n) is 7.49. The fraction of sp³-hybridized carbons (Fsp3) is 0.148. The molecule has 5 aromatic rings. The van der Waals surface area contributed by atoms with Crippen molar-refractivity contribution < 1.29 is 13.9 Å². The Kier molecular flexibility index (Phi) is 6.00. The number of benzene rings is 3. The van der Waals surface area contributed by atoms with Gasteiger partial charge in [-0.05, 0) is 49.4 Å². The van der Waals surface area contributed by atoms with E-state index in [9.17, 15) is 0 Å². The van der Waals surface area contributed by atoms with Crippen molar-refractivity contribution in [1.82, 2.24) is 4.57 Å². The second-order valence-corrected chi connectivity index (χ2v) is 8.33. The lowest BCUT2D eigenvalue weighted by molar-refractivity contribution is 0.340. The molecule has 2 aromatic heterocycles. The van der Waals surface area contributed by atoms with E-state index in [-0.39, 0.29) is 0 Å². The monoisotopic (exact) mass is 456 g/mol. The zero-order valence-corrected chi connectivity index (χ0v) is 19.3. The van der Waals surface area contributed by atoms with Crippen LogP contribution in [0, 0.1) is 0 Å². The second kappa shape index (κ2) is 9.38. The zero-order chi connectivity index (χ0) is 22.6. The highest BCUT2D eigenvalue weighted by Crippen LogP contribution is 2.30. The maximum Gasteiger partial charge on any atom is 0.190 e. The number of ether oxygens (including phenoxy) is 2. The number of hydrogen-bond donors (Lipinski definition) is 0. The topological polar surface area (TPSA) is 48.9 Å². The molecule has 33 heavy (non-hydrogen) atoms. The van der Waals surface area contributed by atoms with Crippen molar-refractivity contribution >= 4 is 28.0 Å². The van der Waals surface area contributed by atoms with Crippen LogP contribution in [-0.4, -0.2) is 18.3 Å². The van der Waals surface area contributed by atoms with E-state index < -0.39 is 0 Å². The summed E-state index contributed by atoms with van der Waals surface area (Å²) in [4.78, 5) is 5.81. The molecule has 0 aliphatic heterocycles. The quantitative estimate of drug-likeness (QED) is 0.275. The molecule has 0 N–H and O–H groups in total. The van der Waals surface area contributed by atoms with Gasteiger partial charge in [0.1, 0.15) is 17.1 Å². The largest absolute Gasteiger partial charge is 0.496 e. The van der Waals surface area contributed by atoms with Gasteiger partial charge in [-0.1, -0.05) is 36.4 Å². The molecule has 0 saturated carbocycles. The molecule has 0 radical (unpaired) electrons. The number of aromatic nitrogens is 1. The van der Waals surface area contributed by atoms with E-state index in [2.05, 4.69) is 28.1 Å². The summed E-state index contributed by atoms with van der Waals surface area (Å²) in [5.41, 5.74) is 3.79. The highest BCUT2D eigenvalue weighted by molar-refractivity contribution is 7.07. The van der Waals surface area contributed by atoms with Gasteiger partial charge in [0, 0.05) is 16.3 Å². The van der Waals surface area contributed by atoms with Gasteiger partial charge in [-0.15, -0.1) is 11.3 Å². The van der Waals surface area contributed by atoms with Gasteiger partial charge < -0.3 is 18.5 Å². The Hall–Kier alpha value is -3.77. The van der Waals surface area contributed by atoms with E-state index in [0.29, 0.717) is 13.2 Å². The lowest BCUT2D eigenvalue weighted by Gasteiger charge is -2.11. The molecule has 0 aliphatic rings. The average molecular weight is 457 g/mol. The Bertz CT molecular complexity index is 1410. The van der Waals surface area contributed by atoms with Crippen LogP contribution in [0.3, 0.4) is 0 Å². The zero-order valence-electron chi connectivity index (χ0n) is 18.5. The third-order valence-electron chi connectivity index (χ3n) is 5.37. The first-order valence-electron chi connectivity index (χ1n) is 10.8. The number of fused-ring (bicyclic) bond motifs is 1. The molecule has 5 rings (SSSR count). The minimum Gasteiger partial charge on any atom is -0.496 e. The van der Waals surface area contributed by atoms with Gasteiger partial charge in [-0.25, -0.2) is 4.99 Å². The molecular weight excluding hydrogens is 432 g/mol. The lowest BCUT2D eigenvalue weighted by Crippen LogP contribution is -2.17. The van der Waals surface area contributed by atoms with Crippen LogP contribution in [0.2, 0.25) is 0 Å². The van der Waals surface area contributed by atoms with Crippen molar-refractivity contribution in [3.8, 4) is 23.0 Å². The summed E-state index contributed by atoms with van der Waals surface area (Å²) in [5.74, 6) is 2.50. The first kappa shape index (κ1) is 21.1. The highest BCUT2D eigenvalue weighted by atomic mass is 32.1. The molecule has 166 valence electrons. The third-order valence-corrected chi connectivity index (χ3v) is 6.23. The van der Waals surface area contributed by atoms with Gasteiger partial charge in [0.25, 0.3) is 0 Å². The van der Waals surface area contributed by atoms with Gasteiger partial charge in [-0.3, -0.25) is 0 Å².